The fraction of sp³-hybridized carbons (Fsp3) is 0.920. The van der Waals surface area contributed by atoms with Crippen LogP contribution in [0.15, 0.2) is 0 Å². The van der Waals surface area contributed by atoms with E-state index in [4.69, 9.17) is 0 Å². The molecule has 0 heterocycles. The average Bonchev–Trinajstić information content (AvgIpc) is 2.67. The molecule has 0 bridgehead atoms. The van der Waals surface area contributed by atoms with Gasteiger partial charge in [-0.15, -0.1) is 0 Å². The summed E-state index contributed by atoms with van der Waals surface area (Å²) in [6.45, 7) is 7.35. The quantitative estimate of drug-likeness (QED) is 0.164. The number of carbonyl (C=O) groups is 2. The van der Waals surface area contributed by atoms with Gasteiger partial charge in [-0.1, -0.05) is 78.1 Å². The van der Waals surface area contributed by atoms with Crippen molar-refractivity contribution in [3.05, 3.63) is 0 Å². The maximum absolute atomic E-state index is 9.56. The van der Waals surface area contributed by atoms with Crippen molar-refractivity contribution in [3.63, 3.8) is 0 Å². The molecule has 0 unspecified atom stereocenters. The van der Waals surface area contributed by atoms with E-state index in [0.717, 1.165) is 12.6 Å². The first kappa shape index (κ1) is 33.2. The van der Waals surface area contributed by atoms with Crippen molar-refractivity contribution in [1.82, 2.24) is 0 Å². The number of unbranched alkanes of at least 4 members (excludes halogenated alkanes) is 14. The van der Waals surface area contributed by atoms with Gasteiger partial charge in [-0.25, -0.2) is 0 Å². The molecule has 0 aliphatic carbocycles. The van der Waals surface area contributed by atoms with E-state index in [9.17, 15) is 9.59 Å². The van der Waals surface area contributed by atoms with Crippen LogP contribution in [0, 0.1) is 0 Å². The van der Waals surface area contributed by atoms with Crippen LogP contribution in [0.4, 0.5) is 0 Å². The van der Waals surface area contributed by atoms with Crippen LogP contribution in [0.5, 0.6) is 0 Å². The van der Waals surface area contributed by atoms with Crippen LogP contribution in [0.1, 0.15) is 123 Å². The number of carbonyl (C=O) groups excluding carboxylic acids is 2. The third kappa shape index (κ3) is 32.5. The minimum atomic E-state index is 0. The Bertz CT molecular complexity index is 314. The Kier molecular flexibility index (Phi) is 31.6. The summed E-state index contributed by atoms with van der Waals surface area (Å²) < 4.78 is 1.24. The second-order valence-corrected chi connectivity index (χ2v) is 8.89. The molecule has 0 spiro atoms. The van der Waals surface area contributed by atoms with Gasteiger partial charge in [0.15, 0.2) is 0 Å². The first-order valence-corrected chi connectivity index (χ1v) is 12.2. The standard InChI is InChI=1S/C20H44N.C5H8O2.ClH/c1-5-7-9-11-13-14-16-18-20-21(3,4)19-17-15-12-10-8-6-2;6-4-2-1-3-5-7;/h5-20H2,1-4H3;4-5H,1-3H2;1H/q+1;;/p-1. The maximum Gasteiger partial charge on any atom is 0.120 e. The molecule has 176 valence electrons. The van der Waals surface area contributed by atoms with E-state index in [0.29, 0.717) is 19.3 Å². The predicted molar refractivity (Wildman–Crippen MR) is 124 cm³/mol. The fourth-order valence-electron chi connectivity index (χ4n) is 3.39. The van der Waals surface area contributed by atoms with Crippen molar-refractivity contribution in [3.8, 4) is 0 Å². The minimum absolute atomic E-state index is 0. The second-order valence-electron chi connectivity index (χ2n) is 8.89. The lowest BCUT2D eigenvalue weighted by atomic mass is 10.1. The first-order valence-electron chi connectivity index (χ1n) is 12.2. The second kappa shape index (κ2) is 27.6. The summed E-state index contributed by atoms with van der Waals surface area (Å²) in [5, 5.41) is 0. The van der Waals surface area contributed by atoms with E-state index in [2.05, 4.69) is 27.9 Å². The van der Waals surface area contributed by atoms with Crippen molar-refractivity contribution < 1.29 is 26.5 Å². The Morgan fingerprint density at radius 2 is 0.828 bits per heavy atom. The SMILES string of the molecule is CCCCCCCCCC[N+](C)(C)CCCCCCCC.O=CCCCC=O.[Cl-]. The monoisotopic (exact) mass is 433 g/mol. The number of hydrogen-bond acceptors (Lipinski definition) is 2. The van der Waals surface area contributed by atoms with Crippen molar-refractivity contribution >= 4 is 12.6 Å². The van der Waals surface area contributed by atoms with Gasteiger partial charge in [-0.05, 0) is 32.1 Å². The summed E-state index contributed by atoms with van der Waals surface area (Å²) in [6.07, 6.45) is 23.4. The van der Waals surface area contributed by atoms with Gasteiger partial charge in [0.05, 0.1) is 27.2 Å². The molecular formula is C25H52ClNO2. The molecule has 0 aliphatic rings. The summed E-state index contributed by atoms with van der Waals surface area (Å²) in [6, 6.07) is 0. The van der Waals surface area contributed by atoms with E-state index >= 15 is 0 Å². The number of quaternary nitrogens is 1. The molecule has 29 heavy (non-hydrogen) atoms. The van der Waals surface area contributed by atoms with Gasteiger partial charge in [0, 0.05) is 12.8 Å². The highest BCUT2D eigenvalue weighted by Gasteiger charge is 2.13. The summed E-state index contributed by atoms with van der Waals surface area (Å²) >= 11 is 0. The third-order valence-electron chi connectivity index (χ3n) is 5.38. The van der Waals surface area contributed by atoms with Gasteiger partial charge in [0.25, 0.3) is 0 Å². The van der Waals surface area contributed by atoms with Crippen LogP contribution in [0.2, 0.25) is 0 Å². The summed E-state index contributed by atoms with van der Waals surface area (Å²) in [7, 11) is 4.85. The molecule has 0 aliphatic heterocycles. The topological polar surface area (TPSA) is 34.1 Å². The predicted octanol–water partition coefficient (Wildman–Crippen LogP) is 4.12. The molecule has 0 saturated carbocycles. The van der Waals surface area contributed by atoms with Crippen molar-refractivity contribution in [2.45, 2.75) is 123 Å². The molecule has 0 atom stereocenters. The number of hydrogen-bond donors (Lipinski definition) is 0. The van der Waals surface area contributed by atoms with Crippen LogP contribution >= 0.6 is 0 Å². The van der Waals surface area contributed by atoms with Crippen LogP contribution < -0.4 is 12.4 Å². The molecule has 0 N–H and O–H groups in total. The average molecular weight is 434 g/mol. The molecule has 0 rings (SSSR count). The largest absolute Gasteiger partial charge is 1.00 e. The van der Waals surface area contributed by atoms with Gasteiger partial charge in [-0.3, -0.25) is 0 Å². The Morgan fingerprint density at radius 3 is 1.14 bits per heavy atom. The highest BCUT2D eigenvalue weighted by atomic mass is 35.5. The molecule has 4 heteroatoms. The molecule has 0 aromatic heterocycles. The van der Waals surface area contributed by atoms with Gasteiger partial charge in [-0.2, -0.15) is 0 Å². The van der Waals surface area contributed by atoms with E-state index < -0.39 is 0 Å². The lowest BCUT2D eigenvalue weighted by Gasteiger charge is -2.30. The minimum Gasteiger partial charge on any atom is -1.00 e. The number of halogens is 1. The molecule has 0 aromatic rings. The van der Waals surface area contributed by atoms with Crippen LogP contribution in [-0.2, 0) is 9.59 Å². The zero-order valence-corrected chi connectivity index (χ0v) is 21.0. The lowest BCUT2D eigenvalue weighted by Crippen LogP contribution is -3.00. The van der Waals surface area contributed by atoms with Gasteiger partial charge >= 0.3 is 0 Å². The van der Waals surface area contributed by atoms with E-state index in [1.807, 2.05) is 0 Å². The highest BCUT2D eigenvalue weighted by Crippen LogP contribution is 2.12. The normalized spacial score (nSPS) is 10.6. The third-order valence-corrected chi connectivity index (χ3v) is 5.38. The van der Waals surface area contributed by atoms with Crippen molar-refractivity contribution in [2.24, 2.45) is 0 Å². The van der Waals surface area contributed by atoms with Crippen LogP contribution in [0.3, 0.4) is 0 Å². The fourth-order valence-corrected chi connectivity index (χ4v) is 3.39. The maximum atomic E-state index is 9.56. The van der Waals surface area contributed by atoms with Gasteiger partial charge < -0.3 is 26.5 Å². The Hall–Kier alpha value is -0.410. The van der Waals surface area contributed by atoms with Gasteiger partial charge in [0.1, 0.15) is 12.6 Å². The number of nitrogens with zero attached hydrogens (tertiary/aromatic N) is 1. The summed E-state index contributed by atoms with van der Waals surface area (Å²) in [4.78, 5) is 19.1. The van der Waals surface area contributed by atoms with Crippen LogP contribution in [-0.4, -0.2) is 44.2 Å². The summed E-state index contributed by atoms with van der Waals surface area (Å²) in [5.74, 6) is 0. The molecular weight excluding hydrogens is 382 g/mol. The lowest BCUT2D eigenvalue weighted by molar-refractivity contribution is -0.890. The van der Waals surface area contributed by atoms with Crippen LogP contribution in [0.25, 0.3) is 0 Å². The molecule has 0 aromatic carbocycles. The van der Waals surface area contributed by atoms with E-state index in [1.54, 1.807) is 0 Å². The van der Waals surface area contributed by atoms with E-state index in [-0.39, 0.29) is 12.4 Å². The molecule has 0 saturated heterocycles. The van der Waals surface area contributed by atoms with Gasteiger partial charge in [0.2, 0.25) is 0 Å². The highest BCUT2D eigenvalue weighted by molar-refractivity contribution is 5.52. The van der Waals surface area contributed by atoms with E-state index in [1.165, 1.54) is 107 Å². The number of rotatable bonds is 20. The van der Waals surface area contributed by atoms with Crippen molar-refractivity contribution in [1.29, 1.82) is 0 Å². The molecule has 0 amide bonds. The summed E-state index contributed by atoms with van der Waals surface area (Å²) in [5.41, 5.74) is 0. The molecule has 3 nitrogen and oxygen atoms in total. The first-order chi connectivity index (χ1) is 13.5. The number of aldehydes is 2. The zero-order chi connectivity index (χ0) is 21.3. The molecule has 0 radical (unpaired) electrons. The smallest absolute Gasteiger partial charge is 0.120 e. The Morgan fingerprint density at radius 1 is 0.517 bits per heavy atom. The Labute approximate surface area is 189 Å². The molecule has 0 fully saturated rings. The Balaban J connectivity index is -0.000000721. The zero-order valence-electron chi connectivity index (χ0n) is 20.2. The van der Waals surface area contributed by atoms with Crippen molar-refractivity contribution in [2.75, 3.05) is 27.2 Å².